The molecule has 0 saturated heterocycles. The minimum atomic E-state index is -0.387. The molecule has 144 valence electrons. The van der Waals surface area contributed by atoms with Gasteiger partial charge in [0.15, 0.2) is 18.1 Å². The minimum absolute atomic E-state index is 0.0207. The van der Waals surface area contributed by atoms with Gasteiger partial charge in [0.05, 0.1) is 22.8 Å². The number of ether oxygens (including phenoxy) is 2. The number of nitrogens with one attached hydrogen (secondary N) is 2. The maximum atomic E-state index is 12.5. The van der Waals surface area contributed by atoms with Gasteiger partial charge < -0.3 is 20.1 Å². The van der Waals surface area contributed by atoms with Crippen molar-refractivity contribution >= 4 is 40.7 Å². The molecular weight excluding hydrogens is 391 g/mol. The van der Waals surface area contributed by atoms with E-state index in [4.69, 9.17) is 32.7 Å². The van der Waals surface area contributed by atoms with Gasteiger partial charge in [-0.3, -0.25) is 9.59 Å². The van der Waals surface area contributed by atoms with E-state index in [9.17, 15) is 9.59 Å². The average Bonchev–Trinajstić information content (AvgIpc) is 2.63. The van der Waals surface area contributed by atoms with Crippen molar-refractivity contribution in [2.75, 3.05) is 19.0 Å². The van der Waals surface area contributed by atoms with Gasteiger partial charge in [-0.1, -0.05) is 29.3 Å². The van der Waals surface area contributed by atoms with Gasteiger partial charge in [-0.05, 0) is 44.2 Å². The summed E-state index contributed by atoms with van der Waals surface area (Å²) in [5.74, 6) is 0.0528. The number of methoxy groups -OCH3 is 1. The summed E-state index contributed by atoms with van der Waals surface area (Å²) in [6, 6.07) is 9.63. The van der Waals surface area contributed by atoms with Gasteiger partial charge in [0, 0.05) is 11.6 Å². The van der Waals surface area contributed by atoms with E-state index >= 15 is 0 Å². The smallest absolute Gasteiger partial charge is 0.258 e. The van der Waals surface area contributed by atoms with Crippen molar-refractivity contribution in [2.24, 2.45) is 0 Å². The molecule has 0 heterocycles. The first-order valence-electron chi connectivity index (χ1n) is 8.17. The fraction of sp³-hybridized carbons (Fsp3) is 0.263. The van der Waals surface area contributed by atoms with Crippen LogP contribution in [0.3, 0.4) is 0 Å². The van der Waals surface area contributed by atoms with Crippen LogP contribution in [-0.2, 0) is 4.79 Å². The second kappa shape index (κ2) is 9.48. The Morgan fingerprint density at radius 1 is 1.11 bits per heavy atom. The van der Waals surface area contributed by atoms with Crippen LogP contribution in [0.15, 0.2) is 36.4 Å². The molecule has 2 aromatic rings. The van der Waals surface area contributed by atoms with Crippen molar-refractivity contribution < 1.29 is 19.1 Å². The highest BCUT2D eigenvalue weighted by Gasteiger charge is 2.14. The van der Waals surface area contributed by atoms with E-state index < -0.39 is 0 Å². The number of halogens is 2. The first-order valence-corrected chi connectivity index (χ1v) is 8.93. The third-order valence-electron chi connectivity index (χ3n) is 3.43. The fourth-order valence-corrected chi connectivity index (χ4v) is 2.58. The number of carbonyl (C=O) groups excluding carboxylic acids is 2. The van der Waals surface area contributed by atoms with E-state index in [1.807, 2.05) is 13.8 Å². The Balaban J connectivity index is 2.11. The lowest BCUT2D eigenvalue weighted by atomic mass is 10.2. The van der Waals surface area contributed by atoms with Crippen molar-refractivity contribution in [3.05, 3.63) is 52.0 Å². The number of hydrogen-bond donors (Lipinski definition) is 2. The van der Waals surface area contributed by atoms with Crippen molar-refractivity contribution in [3.8, 4) is 11.5 Å². The quantitative estimate of drug-likeness (QED) is 0.718. The molecule has 2 rings (SSSR count). The van der Waals surface area contributed by atoms with Crippen molar-refractivity contribution in [2.45, 2.75) is 19.9 Å². The summed E-state index contributed by atoms with van der Waals surface area (Å²) in [5.41, 5.74) is 0.737. The Bertz CT molecular complexity index is 840. The molecule has 0 aliphatic heterocycles. The molecule has 2 N–H and O–H groups in total. The summed E-state index contributed by atoms with van der Waals surface area (Å²) in [7, 11) is 1.45. The van der Waals surface area contributed by atoms with E-state index in [0.29, 0.717) is 27.8 Å². The van der Waals surface area contributed by atoms with Crippen molar-refractivity contribution in [3.63, 3.8) is 0 Å². The molecule has 0 atom stereocenters. The molecule has 0 radical (unpaired) electrons. The highest BCUT2D eigenvalue weighted by atomic mass is 35.5. The summed E-state index contributed by atoms with van der Waals surface area (Å²) in [5, 5.41) is 6.02. The normalized spacial score (nSPS) is 10.4. The molecule has 0 aliphatic rings. The van der Waals surface area contributed by atoms with Crippen molar-refractivity contribution in [1.82, 2.24) is 5.32 Å². The second-order valence-corrected chi connectivity index (χ2v) is 6.72. The van der Waals surface area contributed by atoms with Gasteiger partial charge in [-0.25, -0.2) is 0 Å². The van der Waals surface area contributed by atoms with Crippen LogP contribution in [0.1, 0.15) is 24.2 Å². The molecule has 8 heteroatoms. The maximum absolute atomic E-state index is 12.5. The molecule has 2 amide bonds. The Labute approximate surface area is 167 Å². The molecule has 27 heavy (non-hydrogen) atoms. The van der Waals surface area contributed by atoms with Crippen LogP contribution in [0.25, 0.3) is 0 Å². The lowest BCUT2D eigenvalue weighted by molar-refractivity contribution is -0.123. The number of carbonyl (C=O) groups is 2. The minimum Gasteiger partial charge on any atom is -0.493 e. The van der Waals surface area contributed by atoms with Crippen LogP contribution < -0.4 is 20.1 Å². The number of hydrogen-bond acceptors (Lipinski definition) is 4. The Kier molecular flexibility index (Phi) is 7.33. The van der Waals surface area contributed by atoms with Crippen LogP contribution in [0.5, 0.6) is 11.5 Å². The Hall–Kier alpha value is -2.44. The summed E-state index contributed by atoms with van der Waals surface area (Å²) in [6.07, 6.45) is 0. The first kappa shape index (κ1) is 20.9. The first-order chi connectivity index (χ1) is 12.8. The van der Waals surface area contributed by atoms with Crippen LogP contribution >= 0.6 is 23.2 Å². The van der Waals surface area contributed by atoms with Gasteiger partial charge >= 0.3 is 0 Å². The lowest BCUT2D eigenvalue weighted by Crippen LogP contribution is -2.34. The summed E-state index contributed by atoms with van der Waals surface area (Å²) in [6.45, 7) is 3.56. The highest BCUT2D eigenvalue weighted by Crippen LogP contribution is 2.31. The molecule has 0 aromatic heterocycles. The highest BCUT2D eigenvalue weighted by molar-refractivity contribution is 6.44. The van der Waals surface area contributed by atoms with Crippen molar-refractivity contribution in [1.29, 1.82) is 0 Å². The molecule has 0 unspecified atom stereocenters. The molecule has 0 saturated carbocycles. The topological polar surface area (TPSA) is 76.7 Å². The average molecular weight is 411 g/mol. The molecule has 0 bridgehead atoms. The van der Waals surface area contributed by atoms with Crippen LogP contribution in [0.2, 0.25) is 10.0 Å². The number of rotatable bonds is 7. The predicted octanol–water partition coefficient (Wildman–Crippen LogP) is 4.16. The van der Waals surface area contributed by atoms with E-state index in [-0.39, 0.29) is 29.5 Å². The molecule has 2 aromatic carbocycles. The largest absolute Gasteiger partial charge is 0.493 e. The molecule has 6 nitrogen and oxygen atoms in total. The SMILES string of the molecule is COc1cc(C(=O)Nc2cccc(Cl)c2Cl)ccc1OCC(=O)NC(C)C. The predicted molar refractivity (Wildman–Crippen MR) is 106 cm³/mol. The fourth-order valence-electron chi connectivity index (χ4n) is 2.23. The summed E-state index contributed by atoms with van der Waals surface area (Å²) < 4.78 is 10.7. The molecule has 0 aliphatic carbocycles. The van der Waals surface area contributed by atoms with E-state index in [1.54, 1.807) is 30.3 Å². The van der Waals surface area contributed by atoms with E-state index in [0.717, 1.165) is 0 Å². The van der Waals surface area contributed by atoms with E-state index in [1.165, 1.54) is 13.2 Å². The van der Waals surface area contributed by atoms with Crippen LogP contribution in [-0.4, -0.2) is 31.6 Å². The van der Waals surface area contributed by atoms with E-state index in [2.05, 4.69) is 10.6 Å². The number of benzene rings is 2. The zero-order valence-corrected chi connectivity index (χ0v) is 16.6. The number of anilines is 1. The van der Waals surface area contributed by atoms with Gasteiger partial charge in [0.25, 0.3) is 11.8 Å². The third kappa shape index (κ3) is 5.77. The molecule has 0 spiro atoms. The zero-order chi connectivity index (χ0) is 20.0. The second-order valence-electron chi connectivity index (χ2n) is 5.93. The number of amides is 2. The van der Waals surface area contributed by atoms with Gasteiger partial charge in [0.1, 0.15) is 0 Å². The van der Waals surface area contributed by atoms with Gasteiger partial charge in [-0.15, -0.1) is 0 Å². The third-order valence-corrected chi connectivity index (χ3v) is 4.25. The molecular formula is C19H20Cl2N2O4. The monoisotopic (exact) mass is 410 g/mol. The standard InChI is InChI=1S/C19H20Cl2N2O4/c1-11(2)22-17(24)10-27-15-8-7-12(9-16(15)26-3)19(25)23-14-6-4-5-13(20)18(14)21/h4-9,11H,10H2,1-3H3,(H,22,24)(H,23,25). The van der Waals surface area contributed by atoms with Crippen LogP contribution in [0, 0.1) is 0 Å². The van der Waals surface area contributed by atoms with Gasteiger partial charge in [0.2, 0.25) is 0 Å². The Morgan fingerprint density at radius 3 is 2.52 bits per heavy atom. The Morgan fingerprint density at radius 2 is 1.85 bits per heavy atom. The summed E-state index contributed by atoms with van der Waals surface area (Å²) in [4.78, 5) is 24.2. The molecule has 0 fully saturated rings. The lowest BCUT2D eigenvalue weighted by Gasteiger charge is -2.13. The zero-order valence-electron chi connectivity index (χ0n) is 15.1. The van der Waals surface area contributed by atoms with Gasteiger partial charge in [-0.2, -0.15) is 0 Å². The maximum Gasteiger partial charge on any atom is 0.258 e. The summed E-state index contributed by atoms with van der Waals surface area (Å²) >= 11 is 12.0. The van der Waals surface area contributed by atoms with Crippen LogP contribution in [0.4, 0.5) is 5.69 Å².